The largest absolute Gasteiger partial charge is 0.467 e. The number of benzene rings is 1. The summed E-state index contributed by atoms with van der Waals surface area (Å²) in [6.45, 7) is 0.982. The van der Waals surface area contributed by atoms with E-state index < -0.39 is 40.7 Å². The Morgan fingerprint density at radius 1 is 0.826 bits per heavy atom. The molecular formula is C16H14F5NO. The fraction of sp³-hybridized carbons (Fsp3) is 0.375. The smallest absolute Gasteiger partial charge is 0.200 e. The number of furan rings is 1. The monoisotopic (exact) mass is 331 g/mol. The molecule has 2 aromatic rings. The SMILES string of the molecule is Fc1c(F)c(F)c(C(c2ccco2)N2CCCCC2)c(F)c1F. The molecule has 124 valence electrons. The molecule has 1 aromatic heterocycles. The minimum atomic E-state index is -2.15. The average molecular weight is 331 g/mol. The Labute approximate surface area is 129 Å². The molecule has 0 saturated carbocycles. The van der Waals surface area contributed by atoms with E-state index in [1.165, 1.54) is 18.4 Å². The zero-order valence-electron chi connectivity index (χ0n) is 12.1. The molecule has 1 atom stereocenters. The lowest BCUT2D eigenvalue weighted by Gasteiger charge is -2.34. The summed E-state index contributed by atoms with van der Waals surface area (Å²) in [5.41, 5.74) is -0.863. The third-order valence-corrected chi connectivity index (χ3v) is 4.09. The van der Waals surface area contributed by atoms with Gasteiger partial charge in [-0.2, -0.15) is 0 Å². The van der Waals surface area contributed by atoms with Crippen LogP contribution in [0.5, 0.6) is 0 Å². The van der Waals surface area contributed by atoms with Crippen molar-refractivity contribution in [1.82, 2.24) is 4.90 Å². The van der Waals surface area contributed by atoms with Crippen LogP contribution in [0.25, 0.3) is 0 Å². The predicted octanol–water partition coefficient (Wildman–Crippen LogP) is 4.55. The highest BCUT2D eigenvalue weighted by Crippen LogP contribution is 2.36. The zero-order chi connectivity index (χ0) is 16.6. The van der Waals surface area contributed by atoms with Crippen molar-refractivity contribution in [3.8, 4) is 0 Å². The van der Waals surface area contributed by atoms with E-state index in [9.17, 15) is 22.0 Å². The number of nitrogens with zero attached hydrogens (tertiary/aromatic N) is 1. The summed E-state index contributed by atoms with van der Waals surface area (Å²) >= 11 is 0. The number of piperidine rings is 1. The molecule has 1 aliphatic rings. The van der Waals surface area contributed by atoms with Gasteiger partial charge in [-0.25, -0.2) is 22.0 Å². The fourth-order valence-corrected chi connectivity index (χ4v) is 2.99. The third-order valence-electron chi connectivity index (χ3n) is 4.09. The van der Waals surface area contributed by atoms with Gasteiger partial charge in [0, 0.05) is 0 Å². The van der Waals surface area contributed by atoms with Crippen molar-refractivity contribution >= 4 is 0 Å². The normalized spacial score (nSPS) is 17.4. The van der Waals surface area contributed by atoms with Crippen molar-refractivity contribution < 1.29 is 26.4 Å². The number of likely N-dealkylation sites (tertiary alicyclic amines) is 1. The summed E-state index contributed by atoms with van der Waals surface area (Å²) in [5, 5.41) is 0. The van der Waals surface area contributed by atoms with Crippen molar-refractivity contribution in [2.45, 2.75) is 25.3 Å². The minimum Gasteiger partial charge on any atom is -0.467 e. The van der Waals surface area contributed by atoms with Gasteiger partial charge in [-0.05, 0) is 38.1 Å². The van der Waals surface area contributed by atoms with E-state index in [0.29, 0.717) is 13.1 Å². The van der Waals surface area contributed by atoms with Gasteiger partial charge in [0.05, 0.1) is 17.9 Å². The first kappa shape index (κ1) is 16.0. The summed E-state index contributed by atoms with van der Waals surface area (Å²) in [6.07, 6.45) is 3.83. The van der Waals surface area contributed by atoms with Crippen molar-refractivity contribution in [2.75, 3.05) is 13.1 Å². The first-order chi connectivity index (χ1) is 11.0. The molecule has 1 saturated heterocycles. The van der Waals surface area contributed by atoms with E-state index in [1.54, 1.807) is 4.90 Å². The molecule has 0 radical (unpaired) electrons. The standard InChI is InChI=1S/C16H14F5NO/c17-11-10(12(18)14(20)15(21)13(11)19)16(9-5-4-8-23-9)22-6-2-1-3-7-22/h4-5,8,16H,1-3,6-7H2. The molecule has 0 N–H and O–H groups in total. The van der Waals surface area contributed by atoms with Crippen LogP contribution in [-0.4, -0.2) is 18.0 Å². The Morgan fingerprint density at radius 3 is 1.91 bits per heavy atom. The van der Waals surface area contributed by atoms with Gasteiger partial charge >= 0.3 is 0 Å². The lowest BCUT2D eigenvalue weighted by Crippen LogP contribution is -2.35. The van der Waals surface area contributed by atoms with Crippen LogP contribution in [0.3, 0.4) is 0 Å². The maximum Gasteiger partial charge on any atom is 0.200 e. The van der Waals surface area contributed by atoms with E-state index in [-0.39, 0.29) is 5.76 Å². The van der Waals surface area contributed by atoms with Crippen LogP contribution in [0.4, 0.5) is 22.0 Å². The highest BCUT2D eigenvalue weighted by Gasteiger charge is 2.36. The molecule has 0 spiro atoms. The Morgan fingerprint density at radius 2 is 1.39 bits per heavy atom. The van der Waals surface area contributed by atoms with Gasteiger partial charge in [-0.1, -0.05) is 6.42 Å². The molecule has 1 aliphatic heterocycles. The first-order valence-corrected chi connectivity index (χ1v) is 7.31. The minimum absolute atomic E-state index is 0.148. The molecule has 0 bridgehead atoms. The van der Waals surface area contributed by atoms with Crippen LogP contribution < -0.4 is 0 Å². The Kier molecular flexibility index (Phi) is 4.39. The second-order valence-electron chi connectivity index (χ2n) is 5.50. The first-order valence-electron chi connectivity index (χ1n) is 7.31. The average Bonchev–Trinajstić information content (AvgIpc) is 3.10. The van der Waals surface area contributed by atoms with E-state index in [2.05, 4.69) is 0 Å². The maximum atomic E-state index is 14.2. The third kappa shape index (κ3) is 2.73. The van der Waals surface area contributed by atoms with Crippen molar-refractivity contribution in [2.24, 2.45) is 0 Å². The highest BCUT2D eigenvalue weighted by molar-refractivity contribution is 5.32. The molecule has 2 heterocycles. The quantitative estimate of drug-likeness (QED) is 0.466. The second-order valence-corrected chi connectivity index (χ2v) is 5.50. The zero-order valence-corrected chi connectivity index (χ0v) is 12.1. The van der Waals surface area contributed by atoms with Crippen LogP contribution >= 0.6 is 0 Å². The van der Waals surface area contributed by atoms with Gasteiger partial charge in [0.1, 0.15) is 5.76 Å². The number of hydrogen-bond donors (Lipinski definition) is 0. The molecule has 0 aliphatic carbocycles. The van der Waals surface area contributed by atoms with Crippen molar-refractivity contribution in [3.05, 3.63) is 58.8 Å². The number of halogens is 5. The summed E-state index contributed by atoms with van der Waals surface area (Å²) in [7, 11) is 0. The Bertz CT molecular complexity index is 666. The van der Waals surface area contributed by atoms with Crippen LogP contribution in [0.2, 0.25) is 0 Å². The fourth-order valence-electron chi connectivity index (χ4n) is 2.99. The number of rotatable bonds is 3. The Balaban J connectivity index is 2.18. The van der Waals surface area contributed by atoms with E-state index in [1.807, 2.05) is 0 Å². The van der Waals surface area contributed by atoms with Gasteiger partial charge in [0.2, 0.25) is 5.82 Å². The Hall–Kier alpha value is -1.89. The van der Waals surface area contributed by atoms with E-state index in [0.717, 1.165) is 19.3 Å². The van der Waals surface area contributed by atoms with Crippen molar-refractivity contribution in [3.63, 3.8) is 0 Å². The molecule has 3 rings (SSSR count). The van der Waals surface area contributed by atoms with Crippen LogP contribution in [0, 0.1) is 29.1 Å². The molecule has 7 heteroatoms. The second kappa shape index (κ2) is 6.31. The molecular weight excluding hydrogens is 317 g/mol. The molecule has 1 unspecified atom stereocenters. The number of hydrogen-bond acceptors (Lipinski definition) is 2. The maximum absolute atomic E-state index is 14.2. The van der Waals surface area contributed by atoms with Crippen LogP contribution in [0.15, 0.2) is 22.8 Å². The van der Waals surface area contributed by atoms with Gasteiger partial charge in [0.25, 0.3) is 0 Å². The molecule has 1 aromatic carbocycles. The molecule has 23 heavy (non-hydrogen) atoms. The molecule has 0 amide bonds. The van der Waals surface area contributed by atoms with Crippen LogP contribution in [-0.2, 0) is 0 Å². The topological polar surface area (TPSA) is 16.4 Å². The van der Waals surface area contributed by atoms with Gasteiger partial charge in [-0.3, -0.25) is 4.90 Å². The van der Waals surface area contributed by atoms with Gasteiger partial charge in [0.15, 0.2) is 23.3 Å². The summed E-state index contributed by atoms with van der Waals surface area (Å²) < 4.78 is 74.0. The van der Waals surface area contributed by atoms with Crippen LogP contribution in [0.1, 0.15) is 36.6 Å². The molecule has 1 fully saturated rings. The lowest BCUT2D eigenvalue weighted by molar-refractivity contribution is 0.161. The van der Waals surface area contributed by atoms with E-state index in [4.69, 9.17) is 4.42 Å². The highest BCUT2D eigenvalue weighted by atomic mass is 19.2. The van der Waals surface area contributed by atoms with Crippen molar-refractivity contribution in [1.29, 1.82) is 0 Å². The van der Waals surface area contributed by atoms with Gasteiger partial charge < -0.3 is 4.42 Å². The van der Waals surface area contributed by atoms with Gasteiger partial charge in [-0.15, -0.1) is 0 Å². The summed E-state index contributed by atoms with van der Waals surface area (Å²) in [5.74, 6) is -9.50. The lowest BCUT2D eigenvalue weighted by atomic mass is 9.98. The summed E-state index contributed by atoms with van der Waals surface area (Å²) in [6, 6.07) is 1.84. The van der Waals surface area contributed by atoms with E-state index >= 15 is 0 Å². The molecule has 2 nitrogen and oxygen atoms in total. The predicted molar refractivity (Wildman–Crippen MR) is 72.2 cm³/mol. The summed E-state index contributed by atoms with van der Waals surface area (Å²) in [4.78, 5) is 1.68.